The third-order valence-corrected chi connectivity index (χ3v) is 4.40. The highest BCUT2D eigenvalue weighted by molar-refractivity contribution is 14.0. The van der Waals surface area contributed by atoms with Crippen molar-refractivity contribution in [3.63, 3.8) is 0 Å². The van der Waals surface area contributed by atoms with Crippen molar-refractivity contribution in [2.45, 2.75) is 38.5 Å². The van der Waals surface area contributed by atoms with Crippen molar-refractivity contribution in [2.24, 2.45) is 10.7 Å². The summed E-state index contributed by atoms with van der Waals surface area (Å²) in [6, 6.07) is 3.30. The number of ether oxygens (including phenoxy) is 2. The first-order valence-corrected chi connectivity index (χ1v) is 8.82. The maximum Gasteiger partial charge on any atom is 0.284 e. The zero-order valence-corrected chi connectivity index (χ0v) is 17.3. The molecule has 2 aliphatic rings. The molecule has 0 saturated carbocycles. The SMILES string of the molecule is CCNC(=NCc1ccc(C(N)=O)o1)N1CCOC(C2CCCO2)C1.I. The molecule has 2 unspecified atom stereocenters. The molecule has 1 amide bonds. The van der Waals surface area contributed by atoms with E-state index in [2.05, 4.69) is 15.2 Å². The van der Waals surface area contributed by atoms with E-state index in [1.54, 1.807) is 12.1 Å². The average Bonchev–Trinajstić information content (AvgIpc) is 3.30. The van der Waals surface area contributed by atoms with Gasteiger partial charge >= 0.3 is 0 Å². The number of morpholine rings is 1. The summed E-state index contributed by atoms with van der Waals surface area (Å²) in [4.78, 5) is 17.9. The Balaban J connectivity index is 0.00000243. The van der Waals surface area contributed by atoms with Gasteiger partial charge in [0.25, 0.3) is 5.91 Å². The number of hydrogen-bond donors (Lipinski definition) is 2. The summed E-state index contributed by atoms with van der Waals surface area (Å²) < 4.78 is 17.0. The third-order valence-electron chi connectivity index (χ3n) is 4.40. The predicted molar refractivity (Wildman–Crippen MR) is 108 cm³/mol. The lowest BCUT2D eigenvalue weighted by Crippen LogP contribution is -2.53. The van der Waals surface area contributed by atoms with Crippen LogP contribution in [0.4, 0.5) is 0 Å². The molecule has 1 aromatic rings. The Labute approximate surface area is 170 Å². The van der Waals surface area contributed by atoms with Crippen molar-refractivity contribution >= 4 is 35.8 Å². The molecule has 3 heterocycles. The number of halogens is 1. The molecular formula is C17H27IN4O4. The lowest BCUT2D eigenvalue weighted by atomic mass is 10.1. The fraction of sp³-hybridized carbons (Fsp3) is 0.647. The molecule has 0 radical (unpaired) electrons. The van der Waals surface area contributed by atoms with Crippen molar-refractivity contribution < 1.29 is 18.7 Å². The molecule has 3 N–H and O–H groups in total. The first-order chi connectivity index (χ1) is 12.2. The van der Waals surface area contributed by atoms with E-state index in [4.69, 9.17) is 19.6 Å². The van der Waals surface area contributed by atoms with Gasteiger partial charge in [0.1, 0.15) is 18.4 Å². The summed E-state index contributed by atoms with van der Waals surface area (Å²) in [6.45, 7) is 6.15. The van der Waals surface area contributed by atoms with Gasteiger partial charge < -0.3 is 29.8 Å². The smallest absolute Gasteiger partial charge is 0.284 e. The van der Waals surface area contributed by atoms with E-state index in [1.165, 1.54) is 0 Å². The second-order valence-electron chi connectivity index (χ2n) is 6.21. The van der Waals surface area contributed by atoms with Gasteiger partial charge in [-0.05, 0) is 31.9 Å². The van der Waals surface area contributed by atoms with Crippen LogP contribution in [-0.2, 0) is 16.0 Å². The number of nitrogens with two attached hydrogens (primary N) is 1. The number of primary amides is 1. The van der Waals surface area contributed by atoms with Gasteiger partial charge in [-0.2, -0.15) is 0 Å². The van der Waals surface area contributed by atoms with Crippen LogP contribution in [0.3, 0.4) is 0 Å². The second-order valence-corrected chi connectivity index (χ2v) is 6.21. The lowest BCUT2D eigenvalue weighted by molar-refractivity contribution is -0.0817. The number of aliphatic imine (C=N–C) groups is 1. The minimum absolute atomic E-state index is 0. The maximum atomic E-state index is 11.1. The summed E-state index contributed by atoms with van der Waals surface area (Å²) in [5.41, 5.74) is 5.21. The quantitative estimate of drug-likeness (QED) is 0.376. The van der Waals surface area contributed by atoms with Crippen LogP contribution < -0.4 is 11.1 Å². The summed E-state index contributed by atoms with van der Waals surface area (Å²) in [6.07, 6.45) is 2.40. The Morgan fingerprint density at radius 2 is 2.15 bits per heavy atom. The molecule has 26 heavy (non-hydrogen) atoms. The van der Waals surface area contributed by atoms with Gasteiger partial charge in [0, 0.05) is 26.2 Å². The number of furan rings is 1. The number of amides is 1. The van der Waals surface area contributed by atoms with E-state index in [1.807, 2.05) is 6.92 Å². The van der Waals surface area contributed by atoms with E-state index < -0.39 is 5.91 Å². The molecule has 8 nitrogen and oxygen atoms in total. The van der Waals surface area contributed by atoms with Gasteiger partial charge in [0.2, 0.25) is 0 Å². The molecule has 3 rings (SSSR count). The number of nitrogens with one attached hydrogen (secondary N) is 1. The summed E-state index contributed by atoms with van der Waals surface area (Å²) in [5.74, 6) is 0.994. The molecule has 2 atom stereocenters. The minimum Gasteiger partial charge on any atom is -0.454 e. The molecule has 9 heteroatoms. The van der Waals surface area contributed by atoms with Gasteiger partial charge in [0.05, 0.1) is 12.7 Å². The molecule has 2 fully saturated rings. The molecule has 0 bridgehead atoms. The standard InChI is InChI=1S/C17H26N4O4.HI/c1-2-19-17(20-10-12-5-6-14(25-12)16(18)22)21-7-9-24-15(11-21)13-4-3-8-23-13;/h5-6,13,15H,2-4,7-11H2,1H3,(H2,18,22)(H,19,20);1H. The highest BCUT2D eigenvalue weighted by atomic mass is 127. The Bertz CT molecular complexity index is 616. The maximum absolute atomic E-state index is 11.1. The highest BCUT2D eigenvalue weighted by Crippen LogP contribution is 2.21. The second kappa shape index (κ2) is 10.1. The summed E-state index contributed by atoms with van der Waals surface area (Å²) in [5, 5.41) is 3.31. The van der Waals surface area contributed by atoms with Gasteiger partial charge in [0.15, 0.2) is 11.7 Å². The van der Waals surface area contributed by atoms with Crippen LogP contribution in [0, 0.1) is 0 Å². The highest BCUT2D eigenvalue weighted by Gasteiger charge is 2.32. The summed E-state index contributed by atoms with van der Waals surface area (Å²) >= 11 is 0. The molecule has 0 aromatic carbocycles. The van der Waals surface area contributed by atoms with Gasteiger partial charge in [-0.1, -0.05) is 0 Å². The molecule has 0 spiro atoms. The Hall–Kier alpha value is -1.33. The van der Waals surface area contributed by atoms with Crippen LogP contribution in [0.15, 0.2) is 21.5 Å². The fourth-order valence-electron chi connectivity index (χ4n) is 3.16. The largest absolute Gasteiger partial charge is 0.454 e. The van der Waals surface area contributed by atoms with Crippen molar-refractivity contribution in [1.82, 2.24) is 10.2 Å². The van der Waals surface area contributed by atoms with Gasteiger partial charge in [-0.15, -0.1) is 24.0 Å². The van der Waals surface area contributed by atoms with Crippen molar-refractivity contribution in [3.05, 3.63) is 23.7 Å². The first kappa shape index (κ1) is 21.0. The minimum atomic E-state index is -0.574. The molecule has 1 aromatic heterocycles. The van der Waals surface area contributed by atoms with Crippen molar-refractivity contribution in [3.8, 4) is 0 Å². The van der Waals surface area contributed by atoms with Crippen LogP contribution in [0.5, 0.6) is 0 Å². The van der Waals surface area contributed by atoms with Crippen LogP contribution in [0.25, 0.3) is 0 Å². The first-order valence-electron chi connectivity index (χ1n) is 8.82. The number of guanidine groups is 1. The number of carbonyl (C=O) groups excluding carboxylic acids is 1. The number of hydrogen-bond acceptors (Lipinski definition) is 5. The molecule has 146 valence electrons. The van der Waals surface area contributed by atoms with E-state index >= 15 is 0 Å². The average molecular weight is 478 g/mol. The molecule has 2 saturated heterocycles. The normalized spacial score (nSPS) is 23.6. The molecular weight excluding hydrogens is 451 g/mol. The zero-order chi connectivity index (χ0) is 17.6. The Morgan fingerprint density at radius 1 is 1.35 bits per heavy atom. The topological polar surface area (TPSA) is 102 Å². The Morgan fingerprint density at radius 3 is 2.81 bits per heavy atom. The number of carbonyl (C=O) groups is 1. The lowest BCUT2D eigenvalue weighted by Gasteiger charge is -2.37. The van der Waals surface area contributed by atoms with Crippen LogP contribution in [0.1, 0.15) is 36.1 Å². The van der Waals surface area contributed by atoms with E-state index in [0.29, 0.717) is 18.9 Å². The van der Waals surface area contributed by atoms with Gasteiger partial charge in [-0.25, -0.2) is 4.99 Å². The predicted octanol–water partition coefficient (Wildman–Crippen LogP) is 1.34. The van der Waals surface area contributed by atoms with Gasteiger partial charge in [-0.3, -0.25) is 4.79 Å². The van der Waals surface area contributed by atoms with Crippen molar-refractivity contribution in [2.75, 3.05) is 32.8 Å². The zero-order valence-electron chi connectivity index (χ0n) is 15.0. The Kier molecular flexibility index (Phi) is 8.16. The fourth-order valence-corrected chi connectivity index (χ4v) is 3.16. The third kappa shape index (κ3) is 5.34. The molecule has 0 aliphatic carbocycles. The van der Waals surface area contributed by atoms with Crippen LogP contribution in [-0.4, -0.2) is 61.8 Å². The van der Waals surface area contributed by atoms with Crippen molar-refractivity contribution in [1.29, 1.82) is 0 Å². The number of rotatable bonds is 5. The number of nitrogens with zero attached hydrogens (tertiary/aromatic N) is 2. The van der Waals surface area contributed by atoms with E-state index in [9.17, 15) is 4.79 Å². The van der Waals surface area contributed by atoms with E-state index in [0.717, 1.165) is 45.0 Å². The molecule has 2 aliphatic heterocycles. The monoisotopic (exact) mass is 478 g/mol. The summed E-state index contributed by atoms with van der Waals surface area (Å²) in [7, 11) is 0. The van der Waals surface area contributed by atoms with Crippen LogP contribution in [0.2, 0.25) is 0 Å². The van der Waals surface area contributed by atoms with Crippen LogP contribution >= 0.6 is 24.0 Å². The van der Waals surface area contributed by atoms with E-state index in [-0.39, 0.29) is 41.9 Å².